The van der Waals surface area contributed by atoms with Gasteiger partial charge in [-0.2, -0.15) is 0 Å². The van der Waals surface area contributed by atoms with Gasteiger partial charge in [-0.3, -0.25) is 0 Å². The van der Waals surface area contributed by atoms with E-state index in [4.69, 9.17) is 0 Å². The zero-order valence-corrected chi connectivity index (χ0v) is 8.92. The number of rotatable bonds is 3. The van der Waals surface area contributed by atoms with Gasteiger partial charge in [0.2, 0.25) is 0 Å². The highest BCUT2D eigenvalue weighted by Crippen LogP contribution is 2.33. The summed E-state index contributed by atoms with van der Waals surface area (Å²) in [7, 11) is 0. The van der Waals surface area contributed by atoms with Crippen molar-refractivity contribution < 1.29 is 0 Å². The van der Waals surface area contributed by atoms with Crippen LogP contribution < -0.4 is 5.32 Å². The Bertz CT molecular complexity index is 273. The van der Waals surface area contributed by atoms with E-state index in [0.717, 1.165) is 0 Å². The Balaban J connectivity index is 2.08. The van der Waals surface area contributed by atoms with Gasteiger partial charge in [0.1, 0.15) is 0 Å². The van der Waals surface area contributed by atoms with Gasteiger partial charge in [-0.1, -0.05) is 37.3 Å². The molecule has 0 aliphatic carbocycles. The number of hydrogen-bond acceptors (Lipinski definition) is 1. The van der Waals surface area contributed by atoms with E-state index in [1.165, 1.54) is 37.9 Å². The molecule has 1 nitrogen and oxygen atoms in total. The zero-order chi connectivity index (χ0) is 9.86. The van der Waals surface area contributed by atoms with E-state index >= 15 is 0 Å². The Morgan fingerprint density at radius 1 is 1.29 bits per heavy atom. The predicted molar refractivity (Wildman–Crippen MR) is 60.4 cm³/mol. The van der Waals surface area contributed by atoms with Crippen molar-refractivity contribution in [2.45, 2.75) is 26.2 Å². The Morgan fingerprint density at radius 3 is 2.64 bits per heavy atom. The van der Waals surface area contributed by atoms with Crippen LogP contribution in [0.1, 0.15) is 25.3 Å². The third-order valence-corrected chi connectivity index (χ3v) is 3.50. The number of nitrogens with one attached hydrogen (secondary N) is 1. The standard InChI is InChI=1S/C13H19N/c1-2-13(8-9-14-11-13)10-12-6-4-3-5-7-12/h3-7,14H,2,8-11H2,1H3. The molecule has 1 aliphatic heterocycles. The molecule has 76 valence electrons. The van der Waals surface area contributed by atoms with Gasteiger partial charge >= 0.3 is 0 Å². The van der Waals surface area contributed by atoms with Gasteiger partial charge in [0, 0.05) is 6.54 Å². The van der Waals surface area contributed by atoms with Crippen LogP contribution in [0.3, 0.4) is 0 Å². The van der Waals surface area contributed by atoms with Gasteiger partial charge in [-0.25, -0.2) is 0 Å². The Labute approximate surface area is 86.5 Å². The monoisotopic (exact) mass is 189 g/mol. The smallest absolute Gasteiger partial charge is 0.00114 e. The van der Waals surface area contributed by atoms with Crippen LogP contribution in [-0.4, -0.2) is 13.1 Å². The summed E-state index contributed by atoms with van der Waals surface area (Å²) in [5, 5.41) is 3.48. The van der Waals surface area contributed by atoms with Gasteiger partial charge in [0.05, 0.1) is 0 Å². The van der Waals surface area contributed by atoms with Crippen molar-refractivity contribution in [3.8, 4) is 0 Å². The molecule has 0 saturated carbocycles. The molecule has 0 amide bonds. The minimum absolute atomic E-state index is 0.529. The minimum atomic E-state index is 0.529. The maximum absolute atomic E-state index is 3.48. The van der Waals surface area contributed by atoms with Crippen molar-refractivity contribution in [2.24, 2.45) is 5.41 Å². The van der Waals surface area contributed by atoms with Crippen molar-refractivity contribution in [3.63, 3.8) is 0 Å². The fraction of sp³-hybridized carbons (Fsp3) is 0.538. The number of hydrogen-bond donors (Lipinski definition) is 1. The lowest BCUT2D eigenvalue weighted by molar-refractivity contribution is 0.307. The molecule has 0 bridgehead atoms. The molecule has 1 heterocycles. The third kappa shape index (κ3) is 1.98. The molecule has 1 unspecified atom stereocenters. The fourth-order valence-corrected chi connectivity index (χ4v) is 2.40. The lowest BCUT2D eigenvalue weighted by Gasteiger charge is -2.26. The van der Waals surface area contributed by atoms with Crippen molar-refractivity contribution >= 4 is 0 Å². The summed E-state index contributed by atoms with van der Waals surface area (Å²) in [6.07, 6.45) is 3.85. The van der Waals surface area contributed by atoms with Gasteiger partial charge in [0.25, 0.3) is 0 Å². The third-order valence-electron chi connectivity index (χ3n) is 3.50. The molecule has 1 fully saturated rings. The van der Waals surface area contributed by atoms with Crippen molar-refractivity contribution in [1.82, 2.24) is 5.32 Å². The van der Waals surface area contributed by atoms with Crippen LogP contribution in [0.4, 0.5) is 0 Å². The second-order valence-electron chi connectivity index (χ2n) is 4.44. The molecule has 1 atom stereocenters. The second-order valence-corrected chi connectivity index (χ2v) is 4.44. The van der Waals surface area contributed by atoms with Gasteiger partial charge < -0.3 is 5.32 Å². The first-order valence-electron chi connectivity index (χ1n) is 5.59. The Kier molecular flexibility index (Phi) is 2.87. The predicted octanol–water partition coefficient (Wildman–Crippen LogP) is 2.62. The molecule has 1 N–H and O–H groups in total. The highest BCUT2D eigenvalue weighted by Gasteiger charge is 2.31. The maximum Gasteiger partial charge on any atom is 0.00114 e. The average molecular weight is 189 g/mol. The molecular weight excluding hydrogens is 170 g/mol. The average Bonchev–Trinajstić information content (AvgIpc) is 2.69. The summed E-state index contributed by atoms with van der Waals surface area (Å²) in [5.41, 5.74) is 2.01. The molecule has 1 aromatic rings. The highest BCUT2D eigenvalue weighted by molar-refractivity contribution is 5.17. The van der Waals surface area contributed by atoms with Crippen LogP contribution in [0.15, 0.2) is 30.3 Å². The maximum atomic E-state index is 3.48. The van der Waals surface area contributed by atoms with Crippen molar-refractivity contribution in [3.05, 3.63) is 35.9 Å². The van der Waals surface area contributed by atoms with Crippen molar-refractivity contribution in [1.29, 1.82) is 0 Å². The summed E-state index contributed by atoms with van der Waals surface area (Å²) in [5.74, 6) is 0. The highest BCUT2D eigenvalue weighted by atomic mass is 14.9. The SMILES string of the molecule is CCC1(Cc2ccccc2)CCNC1. The Hall–Kier alpha value is -0.820. The van der Waals surface area contributed by atoms with E-state index in [2.05, 4.69) is 42.6 Å². The first kappa shape index (κ1) is 9.72. The van der Waals surface area contributed by atoms with E-state index in [1.54, 1.807) is 0 Å². The van der Waals surface area contributed by atoms with Crippen molar-refractivity contribution in [2.75, 3.05) is 13.1 Å². The molecule has 0 aromatic heterocycles. The summed E-state index contributed by atoms with van der Waals surface area (Å²) < 4.78 is 0. The lowest BCUT2D eigenvalue weighted by Crippen LogP contribution is -2.25. The summed E-state index contributed by atoms with van der Waals surface area (Å²) in [4.78, 5) is 0. The normalized spacial score (nSPS) is 26.6. The molecule has 0 radical (unpaired) electrons. The zero-order valence-electron chi connectivity index (χ0n) is 8.92. The quantitative estimate of drug-likeness (QED) is 0.770. The van der Waals surface area contributed by atoms with E-state index in [0.29, 0.717) is 5.41 Å². The largest absolute Gasteiger partial charge is 0.316 e. The number of benzene rings is 1. The van der Waals surface area contributed by atoms with Crippen LogP contribution in [0, 0.1) is 5.41 Å². The summed E-state index contributed by atoms with van der Waals surface area (Å²) in [6.45, 7) is 4.70. The molecular formula is C13H19N. The lowest BCUT2D eigenvalue weighted by atomic mass is 9.78. The van der Waals surface area contributed by atoms with Gasteiger partial charge in [-0.05, 0) is 36.8 Å². The Morgan fingerprint density at radius 2 is 2.07 bits per heavy atom. The summed E-state index contributed by atoms with van der Waals surface area (Å²) >= 11 is 0. The first-order chi connectivity index (χ1) is 6.85. The molecule has 2 rings (SSSR count). The van der Waals surface area contributed by atoms with Crippen LogP contribution in [-0.2, 0) is 6.42 Å². The molecule has 14 heavy (non-hydrogen) atoms. The fourth-order valence-electron chi connectivity index (χ4n) is 2.40. The molecule has 1 aromatic carbocycles. The second kappa shape index (κ2) is 4.14. The first-order valence-corrected chi connectivity index (χ1v) is 5.59. The molecule has 1 heteroatoms. The molecule has 1 aliphatic rings. The van der Waals surface area contributed by atoms with Crippen LogP contribution in [0.5, 0.6) is 0 Å². The summed E-state index contributed by atoms with van der Waals surface area (Å²) in [6, 6.07) is 10.9. The van der Waals surface area contributed by atoms with E-state index in [-0.39, 0.29) is 0 Å². The van der Waals surface area contributed by atoms with Crippen LogP contribution >= 0.6 is 0 Å². The van der Waals surface area contributed by atoms with Gasteiger partial charge in [-0.15, -0.1) is 0 Å². The van der Waals surface area contributed by atoms with E-state index < -0.39 is 0 Å². The van der Waals surface area contributed by atoms with Crippen LogP contribution in [0.2, 0.25) is 0 Å². The molecule has 1 saturated heterocycles. The minimum Gasteiger partial charge on any atom is -0.316 e. The van der Waals surface area contributed by atoms with E-state index in [1.807, 2.05) is 0 Å². The van der Waals surface area contributed by atoms with E-state index in [9.17, 15) is 0 Å². The van der Waals surface area contributed by atoms with Gasteiger partial charge in [0.15, 0.2) is 0 Å². The topological polar surface area (TPSA) is 12.0 Å². The molecule has 0 spiro atoms. The van der Waals surface area contributed by atoms with Crippen LogP contribution in [0.25, 0.3) is 0 Å².